The summed E-state index contributed by atoms with van der Waals surface area (Å²) in [4.78, 5) is 18.9. The van der Waals surface area contributed by atoms with Crippen molar-refractivity contribution in [2.24, 2.45) is 11.8 Å². The number of benzene rings is 1. The Morgan fingerprint density at radius 3 is 2.71 bits per heavy atom. The molecule has 3 atom stereocenters. The van der Waals surface area contributed by atoms with Gasteiger partial charge < -0.3 is 5.32 Å². The van der Waals surface area contributed by atoms with E-state index in [0.717, 1.165) is 5.56 Å². The van der Waals surface area contributed by atoms with Gasteiger partial charge in [-0.2, -0.15) is 0 Å². The largest absolute Gasteiger partial charge is 0.324 e. The summed E-state index contributed by atoms with van der Waals surface area (Å²) in [6.45, 7) is 1.48. The number of fused-ring (bicyclic) bond motifs is 1. The number of hydrogen-bond donors (Lipinski definition) is 1. The number of carbonyl (C=O) groups excluding carboxylic acids is 1. The number of likely N-dealkylation sites (tertiary alicyclic amines) is 1. The second-order valence-electron chi connectivity index (χ2n) is 7.52. The van der Waals surface area contributed by atoms with Gasteiger partial charge in [-0.3, -0.25) is 14.7 Å². The summed E-state index contributed by atoms with van der Waals surface area (Å²) in [6, 6.07) is 9.72. The highest BCUT2D eigenvalue weighted by Crippen LogP contribution is 2.38. The van der Waals surface area contributed by atoms with Gasteiger partial charge in [-0.15, -0.1) is 0 Å². The van der Waals surface area contributed by atoms with Crippen LogP contribution in [0.3, 0.4) is 0 Å². The van der Waals surface area contributed by atoms with E-state index in [2.05, 4.69) is 15.2 Å². The second kappa shape index (κ2) is 7.60. The molecule has 2 aromatic rings. The van der Waals surface area contributed by atoms with Crippen LogP contribution in [0, 0.1) is 17.7 Å². The molecule has 1 aromatic carbocycles. The molecular weight excluding hydrogens is 381 g/mol. The summed E-state index contributed by atoms with van der Waals surface area (Å²) in [5.74, 6) is -1.01. The molecule has 1 amide bonds. The van der Waals surface area contributed by atoms with Crippen LogP contribution in [0.25, 0.3) is 0 Å². The standard InChI is InChI=1S/C20H22FN3O3S/c21-15-5-3-14(4-6-15)11-24-12-18-17(7-9-28(26,27)19(18)13-24)20(25)23-16-2-1-8-22-10-16/h1-6,8,10,17-19H,7,9,11-13H2,(H,23,25)/t17-,18-,19-/m1/s1. The van der Waals surface area contributed by atoms with Crippen LogP contribution in [-0.2, 0) is 21.2 Å². The normalized spacial score (nSPS) is 26.5. The van der Waals surface area contributed by atoms with Gasteiger partial charge in [0.15, 0.2) is 9.84 Å². The Morgan fingerprint density at radius 1 is 1.21 bits per heavy atom. The molecule has 2 fully saturated rings. The number of nitrogens with one attached hydrogen (secondary N) is 1. The van der Waals surface area contributed by atoms with Crippen molar-refractivity contribution in [3.63, 3.8) is 0 Å². The number of anilines is 1. The maximum atomic E-state index is 13.1. The Balaban J connectivity index is 1.50. The average molecular weight is 403 g/mol. The zero-order valence-electron chi connectivity index (χ0n) is 15.3. The van der Waals surface area contributed by atoms with E-state index in [-0.39, 0.29) is 29.3 Å². The lowest BCUT2D eigenvalue weighted by Gasteiger charge is -2.31. The van der Waals surface area contributed by atoms with Crippen LogP contribution in [0.4, 0.5) is 10.1 Å². The molecule has 0 spiro atoms. The lowest BCUT2D eigenvalue weighted by Crippen LogP contribution is -2.45. The molecule has 0 bridgehead atoms. The first-order valence-corrected chi connectivity index (χ1v) is 11.0. The fraction of sp³-hybridized carbons (Fsp3) is 0.400. The van der Waals surface area contributed by atoms with E-state index in [4.69, 9.17) is 0 Å². The molecule has 1 aromatic heterocycles. The second-order valence-corrected chi connectivity index (χ2v) is 9.86. The number of aromatic nitrogens is 1. The molecule has 0 radical (unpaired) electrons. The molecule has 2 aliphatic heterocycles. The Morgan fingerprint density at radius 2 is 2.00 bits per heavy atom. The first-order chi connectivity index (χ1) is 13.4. The van der Waals surface area contributed by atoms with Crippen LogP contribution < -0.4 is 5.32 Å². The average Bonchev–Trinajstić information content (AvgIpc) is 3.09. The number of pyridine rings is 1. The number of nitrogens with zero attached hydrogens (tertiary/aromatic N) is 2. The minimum Gasteiger partial charge on any atom is -0.324 e. The molecule has 0 saturated carbocycles. The Bertz CT molecular complexity index is 950. The molecule has 28 heavy (non-hydrogen) atoms. The Kier molecular flexibility index (Phi) is 5.16. The monoisotopic (exact) mass is 403 g/mol. The smallest absolute Gasteiger partial charge is 0.227 e. The van der Waals surface area contributed by atoms with E-state index in [0.29, 0.717) is 31.7 Å². The lowest BCUT2D eigenvalue weighted by atomic mass is 9.87. The van der Waals surface area contributed by atoms with Gasteiger partial charge in [0, 0.05) is 37.7 Å². The Labute approximate surface area is 163 Å². The van der Waals surface area contributed by atoms with Gasteiger partial charge >= 0.3 is 0 Å². The summed E-state index contributed by atoms with van der Waals surface area (Å²) in [5, 5.41) is 2.33. The zero-order chi connectivity index (χ0) is 19.7. The first-order valence-electron chi connectivity index (χ1n) is 9.31. The maximum Gasteiger partial charge on any atom is 0.227 e. The van der Waals surface area contributed by atoms with Crippen molar-refractivity contribution >= 4 is 21.4 Å². The lowest BCUT2D eigenvalue weighted by molar-refractivity contribution is -0.121. The van der Waals surface area contributed by atoms with Gasteiger partial charge in [-0.25, -0.2) is 12.8 Å². The maximum absolute atomic E-state index is 13.1. The molecule has 4 rings (SSSR count). The molecular formula is C20H22FN3O3S. The number of hydrogen-bond acceptors (Lipinski definition) is 5. The number of carbonyl (C=O) groups is 1. The molecule has 2 saturated heterocycles. The van der Waals surface area contributed by atoms with Crippen LogP contribution in [0.1, 0.15) is 12.0 Å². The van der Waals surface area contributed by atoms with Crippen molar-refractivity contribution in [2.75, 3.05) is 24.2 Å². The number of halogens is 1. The molecule has 8 heteroatoms. The zero-order valence-corrected chi connectivity index (χ0v) is 16.1. The van der Waals surface area contributed by atoms with E-state index in [1.165, 1.54) is 12.1 Å². The van der Waals surface area contributed by atoms with Gasteiger partial charge in [0.05, 0.1) is 22.9 Å². The number of sulfone groups is 1. The third kappa shape index (κ3) is 3.93. The van der Waals surface area contributed by atoms with Gasteiger partial charge in [-0.1, -0.05) is 12.1 Å². The van der Waals surface area contributed by atoms with Crippen molar-refractivity contribution in [3.8, 4) is 0 Å². The molecule has 1 N–H and O–H groups in total. The topological polar surface area (TPSA) is 79.4 Å². The van der Waals surface area contributed by atoms with Crippen LogP contribution in [0.5, 0.6) is 0 Å². The van der Waals surface area contributed by atoms with Crippen LogP contribution in [-0.4, -0.2) is 48.3 Å². The highest BCUT2D eigenvalue weighted by Gasteiger charge is 2.50. The summed E-state index contributed by atoms with van der Waals surface area (Å²) in [5.41, 5.74) is 1.53. The van der Waals surface area contributed by atoms with Crippen molar-refractivity contribution in [3.05, 3.63) is 60.2 Å². The molecule has 148 valence electrons. The number of amides is 1. The molecule has 3 heterocycles. The van der Waals surface area contributed by atoms with Gasteiger partial charge in [0.2, 0.25) is 5.91 Å². The van der Waals surface area contributed by atoms with Crippen LogP contribution >= 0.6 is 0 Å². The Hall–Kier alpha value is -2.32. The van der Waals surface area contributed by atoms with Crippen molar-refractivity contribution in [1.29, 1.82) is 0 Å². The van der Waals surface area contributed by atoms with E-state index in [1.54, 1.807) is 36.7 Å². The number of rotatable bonds is 4. The summed E-state index contributed by atoms with van der Waals surface area (Å²) >= 11 is 0. The minimum atomic E-state index is -3.23. The van der Waals surface area contributed by atoms with Crippen LogP contribution in [0.2, 0.25) is 0 Å². The molecule has 0 unspecified atom stereocenters. The minimum absolute atomic E-state index is 0.0314. The van der Waals surface area contributed by atoms with E-state index in [1.807, 2.05) is 0 Å². The third-order valence-corrected chi connectivity index (χ3v) is 7.89. The van der Waals surface area contributed by atoms with Gasteiger partial charge in [-0.05, 0) is 36.2 Å². The molecule has 0 aliphatic carbocycles. The fourth-order valence-electron chi connectivity index (χ4n) is 4.28. The quantitative estimate of drug-likeness (QED) is 0.846. The van der Waals surface area contributed by atoms with Crippen molar-refractivity contribution < 1.29 is 17.6 Å². The highest BCUT2D eigenvalue weighted by molar-refractivity contribution is 7.92. The van der Waals surface area contributed by atoms with Crippen molar-refractivity contribution in [2.45, 2.75) is 18.2 Å². The van der Waals surface area contributed by atoms with Gasteiger partial charge in [0.1, 0.15) is 5.82 Å². The predicted octanol–water partition coefficient (Wildman–Crippen LogP) is 2.09. The molecule has 2 aliphatic rings. The van der Waals surface area contributed by atoms with Crippen LogP contribution in [0.15, 0.2) is 48.8 Å². The van der Waals surface area contributed by atoms with E-state index < -0.39 is 15.1 Å². The first kappa shape index (κ1) is 19.0. The van der Waals surface area contributed by atoms with Gasteiger partial charge in [0.25, 0.3) is 0 Å². The van der Waals surface area contributed by atoms with E-state index in [9.17, 15) is 17.6 Å². The van der Waals surface area contributed by atoms with Crippen molar-refractivity contribution in [1.82, 2.24) is 9.88 Å². The highest BCUT2D eigenvalue weighted by atomic mass is 32.2. The summed E-state index contributed by atoms with van der Waals surface area (Å²) < 4.78 is 38.3. The third-order valence-electron chi connectivity index (χ3n) is 5.66. The fourth-order valence-corrected chi connectivity index (χ4v) is 6.41. The van der Waals surface area contributed by atoms with E-state index >= 15 is 0 Å². The SMILES string of the molecule is O=C(Nc1cccnc1)[C@@H]1CCS(=O)(=O)[C@@H]2CN(Cc3ccc(F)cc3)C[C@@H]21. The summed E-state index contributed by atoms with van der Waals surface area (Å²) in [7, 11) is -3.23. The molecule has 6 nitrogen and oxygen atoms in total. The predicted molar refractivity (Wildman–Crippen MR) is 104 cm³/mol. The summed E-state index contributed by atoms with van der Waals surface area (Å²) in [6.07, 6.45) is 3.54.